The van der Waals surface area contributed by atoms with Gasteiger partial charge in [0, 0.05) is 0 Å². The van der Waals surface area contributed by atoms with Gasteiger partial charge in [0.05, 0.1) is 0 Å². The Kier molecular flexibility index (Phi) is 2.01. The Morgan fingerprint density at radius 2 is 1.89 bits per heavy atom. The summed E-state index contributed by atoms with van der Waals surface area (Å²) < 4.78 is 0. The van der Waals surface area contributed by atoms with Gasteiger partial charge in [-0.15, -0.1) is 0 Å². The molecule has 0 radical (unpaired) electrons. The van der Waals surface area contributed by atoms with Gasteiger partial charge in [0.1, 0.15) is 0 Å². The van der Waals surface area contributed by atoms with E-state index in [1.54, 1.807) is 37.7 Å². The van der Waals surface area contributed by atoms with Crippen molar-refractivity contribution >= 4 is 0 Å². The fraction of sp³-hybridized carbons (Fsp3) is 0.778. The average Bonchev–Trinajstić information content (AvgIpc) is 2.96. The van der Waals surface area contributed by atoms with Crippen molar-refractivity contribution in [2.24, 2.45) is 41.4 Å². The van der Waals surface area contributed by atoms with Gasteiger partial charge in [0.2, 0.25) is 0 Å². The van der Waals surface area contributed by atoms with E-state index < -0.39 is 0 Å². The third kappa shape index (κ3) is 1.27. The second-order valence-electron chi connectivity index (χ2n) is 7.80. The highest BCUT2D eigenvalue weighted by Gasteiger charge is 2.52. The Labute approximate surface area is 111 Å². The first-order valence-electron chi connectivity index (χ1n) is 8.27. The molecule has 3 fully saturated rings. The van der Waals surface area contributed by atoms with Crippen LogP contribution in [-0.2, 0) is 0 Å². The smallest absolute Gasteiger partial charge is 0.0133 e. The molecule has 0 spiro atoms. The summed E-state index contributed by atoms with van der Waals surface area (Å²) in [5.41, 5.74) is 1.68. The van der Waals surface area contributed by atoms with Gasteiger partial charge in [-0.1, -0.05) is 23.8 Å². The maximum Gasteiger partial charge on any atom is -0.0133 e. The molecule has 0 nitrogen and oxygen atoms in total. The molecule has 96 valence electrons. The van der Waals surface area contributed by atoms with Crippen molar-refractivity contribution in [3.63, 3.8) is 0 Å². The normalized spacial score (nSPS) is 56.0. The Hall–Kier alpha value is -0.520. The third-order valence-corrected chi connectivity index (χ3v) is 7.10. The molecule has 5 bridgehead atoms. The SMILES string of the molecule is C1=CC2C3C=C1CC(CCC1C4CCC(C4)C21)C3. The number of fused-ring (bicyclic) bond motifs is 7. The van der Waals surface area contributed by atoms with E-state index in [0.717, 1.165) is 41.4 Å². The van der Waals surface area contributed by atoms with Crippen LogP contribution in [0.2, 0.25) is 0 Å². The minimum atomic E-state index is 0.927. The van der Waals surface area contributed by atoms with E-state index in [9.17, 15) is 0 Å². The molecule has 0 aromatic heterocycles. The monoisotopic (exact) mass is 240 g/mol. The minimum absolute atomic E-state index is 0.927. The van der Waals surface area contributed by atoms with Gasteiger partial charge in [-0.3, -0.25) is 0 Å². The zero-order valence-corrected chi connectivity index (χ0v) is 11.2. The van der Waals surface area contributed by atoms with Crippen molar-refractivity contribution in [3.8, 4) is 0 Å². The summed E-state index contributed by atoms with van der Waals surface area (Å²) in [5, 5.41) is 0. The fourth-order valence-electron chi connectivity index (χ4n) is 6.53. The molecule has 0 N–H and O–H groups in total. The molecule has 3 saturated carbocycles. The molecule has 0 aromatic rings. The van der Waals surface area contributed by atoms with Gasteiger partial charge < -0.3 is 0 Å². The molecular formula is C18H24. The van der Waals surface area contributed by atoms with Crippen molar-refractivity contribution in [1.29, 1.82) is 0 Å². The highest BCUT2D eigenvalue weighted by molar-refractivity contribution is 5.30. The molecule has 0 heterocycles. The third-order valence-electron chi connectivity index (χ3n) is 7.10. The van der Waals surface area contributed by atoms with E-state index in [0.29, 0.717) is 0 Å². The van der Waals surface area contributed by atoms with Gasteiger partial charge >= 0.3 is 0 Å². The molecule has 5 rings (SSSR count). The fourth-order valence-corrected chi connectivity index (χ4v) is 6.53. The molecular weight excluding hydrogens is 216 g/mol. The number of hydrogen-bond acceptors (Lipinski definition) is 0. The molecule has 0 aliphatic heterocycles. The van der Waals surface area contributed by atoms with Crippen LogP contribution < -0.4 is 0 Å². The molecule has 18 heavy (non-hydrogen) atoms. The first kappa shape index (κ1) is 10.3. The molecule has 0 aromatic carbocycles. The van der Waals surface area contributed by atoms with Crippen molar-refractivity contribution in [3.05, 3.63) is 23.8 Å². The minimum Gasteiger partial charge on any atom is -0.0803 e. The van der Waals surface area contributed by atoms with Crippen LogP contribution in [0.4, 0.5) is 0 Å². The van der Waals surface area contributed by atoms with Crippen LogP contribution in [0.5, 0.6) is 0 Å². The summed E-state index contributed by atoms with van der Waals surface area (Å²) >= 11 is 0. The molecule has 5 aliphatic carbocycles. The van der Waals surface area contributed by atoms with Crippen LogP contribution in [0.1, 0.15) is 44.9 Å². The number of rotatable bonds is 0. The van der Waals surface area contributed by atoms with E-state index in [1.807, 2.05) is 0 Å². The van der Waals surface area contributed by atoms with Gasteiger partial charge in [-0.25, -0.2) is 0 Å². The average molecular weight is 240 g/mol. The van der Waals surface area contributed by atoms with Crippen LogP contribution in [0.15, 0.2) is 23.8 Å². The van der Waals surface area contributed by atoms with Crippen LogP contribution in [0.25, 0.3) is 0 Å². The maximum absolute atomic E-state index is 2.66. The van der Waals surface area contributed by atoms with Crippen molar-refractivity contribution in [2.45, 2.75) is 44.9 Å². The highest BCUT2D eigenvalue weighted by Crippen LogP contribution is 2.60. The van der Waals surface area contributed by atoms with Gasteiger partial charge in [0.25, 0.3) is 0 Å². The Bertz CT molecular complexity index is 429. The van der Waals surface area contributed by atoms with Gasteiger partial charge in [-0.2, -0.15) is 0 Å². The Morgan fingerprint density at radius 3 is 2.89 bits per heavy atom. The van der Waals surface area contributed by atoms with Crippen molar-refractivity contribution in [1.82, 2.24) is 0 Å². The first-order chi connectivity index (χ1) is 8.88. The van der Waals surface area contributed by atoms with E-state index in [-0.39, 0.29) is 0 Å². The zero-order chi connectivity index (χ0) is 11.7. The van der Waals surface area contributed by atoms with Crippen LogP contribution in [-0.4, -0.2) is 0 Å². The lowest BCUT2D eigenvalue weighted by atomic mass is 9.59. The number of allylic oxidation sites excluding steroid dienone is 4. The summed E-state index contributed by atoms with van der Waals surface area (Å²) in [6.45, 7) is 0. The van der Waals surface area contributed by atoms with Crippen LogP contribution in [0.3, 0.4) is 0 Å². The Balaban J connectivity index is 1.58. The van der Waals surface area contributed by atoms with Crippen molar-refractivity contribution in [2.75, 3.05) is 0 Å². The molecule has 7 unspecified atom stereocenters. The predicted octanol–water partition coefficient (Wildman–Crippen LogP) is 4.58. The highest BCUT2D eigenvalue weighted by atomic mass is 14.6. The summed E-state index contributed by atoms with van der Waals surface area (Å²) in [5.74, 6) is 7.29. The lowest BCUT2D eigenvalue weighted by Crippen LogP contribution is -2.37. The lowest BCUT2D eigenvalue weighted by molar-refractivity contribution is 0.0953. The number of hydrogen-bond donors (Lipinski definition) is 0. The summed E-state index contributed by atoms with van der Waals surface area (Å²) in [6, 6.07) is 0. The molecule has 7 atom stereocenters. The van der Waals surface area contributed by atoms with E-state index in [1.165, 1.54) is 12.8 Å². The van der Waals surface area contributed by atoms with E-state index in [4.69, 9.17) is 0 Å². The van der Waals surface area contributed by atoms with Crippen molar-refractivity contribution < 1.29 is 0 Å². The molecule has 5 aliphatic rings. The summed E-state index contributed by atoms with van der Waals surface area (Å²) in [6.07, 6.45) is 18.5. The lowest BCUT2D eigenvalue weighted by Gasteiger charge is -2.46. The van der Waals surface area contributed by atoms with Gasteiger partial charge in [-0.05, 0) is 86.4 Å². The van der Waals surface area contributed by atoms with Gasteiger partial charge in [0.15, 0.2) is 0 Å². The van der Waals surface area contributed by atoms with Crippen LogP contribution >= 0.6 is 0 Å². The predicted molar refractivity (Wildman–Crippen MR) is 74.0 cm³/mol. The molecule has 0 heteroatoms. The Morgan fingerprint density at radius 1 is 0.944 bits per heavy atom. The molecule has 0 amide bonds. The maximum atomic E-state index is 2.66. The second kappa shape index (κ2) is 3.52. The topological polar surface area (TPSA) is 0 Å². The first-order valence-corrected chi connectivity index (χ1v) is 8.27. The standard InChI is InChI=1S/C18H24/c1-5-16-13-3-4-14(10-13)18(16)17-6-2-12-7-11(1)8-15(17)9-12/h2,6,9,11,13-18H,1,3-5,7-8,10H2. The summed E-state index contributed by atoms with van der Waals surface area (Å²) in [7, 11) is 0. The van der Waals surface area contributed by atoms with E-state index >= 15 is 0 Å². The quantitative estimate of drug-likeness (QED) is 0.581. The van der Waals surface area contributed by atoms with E-state index in [2.05, 4.69) is 18.2 Å². The zero-order valence-electron chi connectivity index (χ0n) is 11.2. The van der Waals surface area contributed by atoms with Crippen LogP contribution in [0, 0.1) is 41.4 Å². The molecule has 0 saturated heterocycles. The largest absolute Gasteiger partial charge is 0.0803 e. The second-order valence-corrected chi connectivity index (χ2v) is 7.80. The summed E-state index contributed by atoms with van der Waals surface area (Å²) in [4.78, 5) is 0.